The molecule has 1 amide bonds. The van der Waals surface area contributed by atoms with Crippen LogP contribution in [0.5, 0.6) is 0 Å². The zero-order chi connectivity index (χ0) is 22.0. The molecule has 1 fully saturated rings. The third-order valence-electron chi connectivity index (χ3n) is 4.80. The van der Waals surface area contributed by atoms with Crippen LogP contribution in [0, 0.1) is 17.2 Å². The summed E-state index contributed by atoms with van der Waals surface area (Å²) in [5.74, 6) is -1.41. The Morgan fingerprint density at radius 3 is 2.77 bits per heavy atom. The molecule has 8 nitrogen and oxygen atoms in total. The van der Waals surface area contributed by atoms with Crippen LogP contribution >= 0.6 is 0 Å². The van der Waals surface area contributed by atoms with Gasteiger partial charge < -0.3 is 19.9 Å². The summed E-state index contributed by atoms with van der Waals surface area (Å²) in [6.45, 7) is 0.489. The summed E-state index contributed by atoms with van der Waals surface area (Å²) < 4.78 is 33.1. The average molecular weight is 425 g/mol. The molecule has 10 heteroatoms. The van der Waals surface area contributed by atoms with Crippen LogP contribution in [0.3, 0.4) is 0 Å². The van der Waals surface area contributed by atoms with E-state index >= 15 is 0 Å². The van der Waals surface area contributed by atoms with Gasteiger partial charge in [-0.3, -0.25) is 9.59 Å². The number of halogens is 2. The number of morpholine rings is 1. The number of pyridine rings is 1. The van der Waals surface area contributed by atoms with Crippen molar-refractivity contribution in [3.63, 3.8) is 0 Å². The highest BCUT2D eigenvalue weighted by atomic mass is 19.1. The van der Waals surface area contributed by atoms with Gasteiger partial charge in [-0.1, -0.05) is 0 Å². The number of ether oxygens (including phenoxy) is 1. The Morgan fingerprint density at radius 2 is 2.03 bits per heavy atom. The number of H-pyrrole nitrogens is 1. The van der Waals surface area contributed by atoms with E-state index in [-0.39, 0.29) is 36.0 Å². The van der Waals surface area contributed by atoms with E-state index in [4.69, 9.17) is 10.3 Å². The molecule has 1 aromatic heterocycles. The van der Waals surface area contributed by atoms with Crippen molar-refractivity contribution in [1.29, 1.82) is 5.53 Å². The SMILES string of the molecule is N=N/C(=C\Nc1ccc(N2CCOCC2=O)c(F)c1)c1cc2cc(F)ccc2[nH]c1=O. The predicted octanol–water partition coefficient (Wildman–Crippen LogP) is 3.61. The van der Waals surface area contributed by atoms with Crippen LogP contribution in [0.15, 0.2) is 58.6 Å². The molecule has 1 aliphatic rings. The molecule has 0 unspecified atom stereocenters. The van der Waals surface area contributed by atoms with Gasteiger partial charge in [-0.15, -0.1) is 0 Å². The van der Waals surface area contributed by atoms with Crippen molar-refractivity contribution in [2.75, 3.05) is 30.0 Å². The molecule has 0 bridgehead atoms. The first-order valence-corrected chi connectivity index (χ1v) is 9.31. The van der Waals surface area contributed by atoms with E-state index in [0.29, 0.717) is 23.2 Å². The number of nitrogens with one attached hydrogen (secondary N) is 3. The first-order chi connectivity index (χ1) is 15.0. The molecule has 0 aliphatic carbocycles. The molecule has 3 N–H and O–H groups in total. The zero-order valence-corrected chi connectivity index (χ0v) is 16.1. The van der Waals surface area contributed by atoms with Crippen molar-refractivity contribution in [1.82, 2.24) is 4.98 Å². The average Bonchev–Trinajstić information content (AvgIpc) is 2.75. The van der Waals surface area contributed by atoms with Crippen LogP contribution in [0.1, 0.15) is 5.56 Å². The highest BCUT2D eigenvalue weighted by molar-refractivity contribution is 5.95. The van der Waals surface area contributed by atoms with E-state index in [9.17, 15) is 18.4 Å². The Hall–Kier alpha value is -3.92. The van der Waals surface area contributed by atoms with Gasteiger partial charge in [0, 0.05) is 29.3 Å². The van der Waals surface area contributed by atoms with E-state index in [0.717, 1.165) is 0 Å². The summed E-state index contributed by atoms with van der Waals surface area (Å²) in [7, 11) is 0. The lowest BCUT2D eigenvalue weighted by Gasteiger charge is -2.27. The van der Waals surface area contributed by atoms with Gasteiger partial charge in [0.05, 0.1) is 17.9 Å². The number of carbonyl (C=O) groups is 1. The standard InChI is InChI=1S/C21H17F2N5O3/c22-13-1-3-17-12(7-13)8-15(21(30)26-17)18(27-24)10-25-14-2-4-19(16(23)9-14)28-5-6-31-11-20(28)29/h1-4,7-10,24-25H,5-6,11H2,(H,26,30)/b18-10-,27-24?. The highest BCUT2D eigenvalue weighted by Crippen LogP contribution is 2.25. The van der Waals surface area contributed by atoms with Gasteiger partial charge in [0.2, 0.25) is 0 Å². The fraction of sp³-hybridized carbons (Fsp3) is 0.143. The Kier molecular flexibility index (Phi) is 5.54. The third-order valence-corrected chi connectivity index (χ3v) is 4.80. The van der Waals surface area contributed by atoms with Gasteiger partial charge in [0.15, 0.2) is 0 Å². The lowest BCUT2D eigenvalue weighted by molar-refractivity contribution is -0.125. The molecule has 4 rings (SSSR count). The molecular weight excluding hydrogens is 408 g/mol. The Bertz CT molecular complexity index is 1270. The largest absolute Gasteiger partial charge is 0.370 e. The normalized spacial score (nSPS) is 14.7. The molecule has 31 heavy (non-hydrogen) atoms. The minimum Gasteiger partial charge on any atom is -0.370 e. The van der Waals surface area contributed by atoms with Crippen LogP contribution < -0.4 is 15.8 Å². The summed E-state index contributed by atoms with van der Waals surface area (Å²) in [4.78, 5) is 28.2. The van der Waals surface area contributed by atoms with Crippen molar-refractivity contribution in [2.45, 2.75) is 0 Å². The van der Waals surface area contributed by atoms with E-state index in [2.05, 4.69) is 15.4 Å². The van der Waals surface area contributed by atoms with Gasteiger partial charge in [0.1, 0.15) is 23.9 Å². The van der Waals surface area contributed by atoms with Gasteiger partial charge >= 0.3 is 0 Å². The number of carbonyl (C=O) groups excluding carboxylic acids is 1. The lowest BCUT2D eigenvalue weighted by atomic mass is 10.1. The van der Waals surface area contributed by atoms with Crippen molar-refractivity contribution in [2.24, 2.45) is 5.11 Å². The number of aromatic nitrogens is 1. The van der Waals surface area contributed by atoms with E-state index < -0.39 is 17.2 Å². The number of hydrogen-bond donors (Lipinski definition) is 3. The first kappa shape index (κ1) is 20.4. The molecule has 0 spiro atoms. The number of fused-ring (bicyclic) bond motifs is 1. The summed E-state index contributed by atoms with van der Waals surface area (Å²) in [5.41, 5.74) is 7.84. The second-order valence-corrected chi connectivity index (χ2v) is 6.79. The van der Waals surface area contributed by atoms with Crippen molar-refractivity contribution < 1.29 is 18.3 Å². The molecule has 158 valence electrons. The predicted molar refractivity (Wildman–Crippen MR) is 111 cm³/mol. The number of amides is 1. The monoisotopic (exact) mass is 425 g/mol. The van der Waals surface area contributed by atoms with Crippen molar-refractivity contribution in [3.8, 4) is 0 Å². The second-order valence-electron chi connectivity index (χ2n) is 6.79. The number of aromatic amines is 1. The Balaban J connectivity index is 1.61. The van der Waals surface area contributed by atoms with Crippen molar-refractivity contribution in [3.05, 3.63) is 76.2 Å². The fourth-order valence-corrected chi connectivity index (χ4v) is 3.28. The molecule has 3 aromatic rings. The molecule has 2 aromatic carbocycles. The maximum Gasteiger partial charge on any atom is 0.258 e. The molecule has 1 aliphatic heterocycles. The molecular formula is C21H17F2N5O3. The van der Waals surface area contributed by atoms with Gasteiger partial charge in [0.25, 0.3) is 11.5 Å². The topological polar surface area (TPSA) is 111 Å². The van der Waals surface area contributed by atoms with Gasteiger partial charge in [-0.05, 0) is 42.5 Å². The van der Waals surface area contributed by atoms with Crippen LogP contribution in [0.25, 0.3) is 16.6 Å². The summed E-state index contributed by atoms with van der Waals surface area (Å²) >= 11 is 0. The molecule has 1 saturated heterocycles. The van der Waals surface area contributed by atoms with E-state index in [1.165, 1.54) is 47.5 Å². The lowest BCUT2D eigenvalue weighted by Crippen LogP contribution is -2.42. The maximum atomic E-state index is 14.6. The Morgan fingerprint density at radius 1 is 1.19 bits per heavy atom. The van der Waals surface area contributed by atoms with Crippen LogP contribution in [0.2, 0.25) is 0 Å². The zero-order valence-electron chi connectivity index (χ0n) is 16.1. The first-order valence-electron chi connectivity index (χ1n) is 9.31. The number of anilines is 2. The minimum absolute atomic E-state index is 0.0275. The van der Waals surface area contributed by atoms with Gasteiger partial charge in [-0.2, -0.15) is 5.11 Å². The number of nitrogens with zero attached hydrogens (tertiary/aromatic N) is 2. The fourth-order valence-electron chi connectivity index (χ4n) is 3.28. The molecule has 0 saturated carbocycles. The maximum absolute atomic E-state index is 14.6. The third kappa shape index (κ3) is 4.19. The van der Waals surface area contributed by atoms with E-state index in [1.54, 1.807) is 6.07 Å². The summed E-state index contributed by atoms with van der Waals surface area (Å²) in [6, 6.07) is 9.56. The van der Waals surface area contributed by atoms with Crippen molar-refractivity contribution >= 4 is 33.9 Å². The van der Waals surface area contributed by atoms with Crippen LogP contribution in [0.4, 0.5) is 20.2 Å². The number of hydrogen-bond acceptors (Lipinski definition) is 6. The van der Waals surface area contributed by atoms with Crippen LogP contribution in [-0.2, 0) is 9.53 Å². The molecule has 0 radical (unpaired) electrons. The van der Waals surface area contributed by atoms with E-state index in [1.807, 2.05) is 0 Å². The van der Waals surface area contributed by atoms with Gasteiger partial charge in [-0.25, -0.2) is 14.3 Å². The number of rotatable bonds is 5. The Labute approximate surface area is 174 Å². The highest BCUT2D eigenvalue weighted by Gasteiger charge is 2.22. The quantitative estimate of drug-likeness (QED) is 0.542. The molecule has 0 atom stereocenters. The van der Waals surface area contributed by atoms with Crippen LogP contribution in [-0.4, -0.2) is 30.6 Å². The summed E-state index contributed by atoms with van der Waals surface area (Å²) in [5, 5.41) is 6.59. The number of benzene rings is 2. The summed E-state index contributed by atoms with van der Waals surface area (Å²) in [6.07, 6.45) is 1.27. The molecule has 2 heterocycles. The second kappa shape index (κ2) is 8.44. The smallest absolute Gasteiger partial charge is 0.258 e. The minimum atomic E-state index is -0.614.